The Kier molecular flexibility index (Phi) is 3.41. The molecule has 1 aromatic rings. The summed E-state index contributed by atoms with van der Waals surface area (Å²) in [5, 5.41) is 0. The van der Waals surface area contributed by atoms with Gasteiger partial charge in [0.05, 0.1) is 0 Å². The standard InChI is InChI=1S/C15H23N3/c16-13-4-3-7-15(12-13)18-10-8-17(9-11-18)14-5-1-2-6-14/h3-4,7,12,14H,1-2,5-6,8-11,16H2. The van der Waals surface area contributed by atoms with Gasteiger partial charge in [-0.3, -0.25) is 4.90 Å². The molecule has 0 unspecified atom stereocenters. The molecule has 0 atom stereocenters. The van der Waals surface area contributed by atoms with Crippen molar-refractivity contribution in [3.63, 3.8) is 0 Å². The van der Waals surface area contributed by atoms with Crippen LogP contribution in [0.1, 0.15) is 25.7 Å². The summed E-state index contributed by atoms with van der Waals surface area (Å²) in [5.74, 6) is 0. The molecule has 1 saturated carbocycles. The van der Waals surface area contributed by atoms with Gasteiger partial charge in [0.1, 0.15) is 0 Å². The van der Waals surface area contributed by atoms with Crippen LogP contribution in [-0.2, 0) is 0 Å². The summed E-state index contributed by atoms with van der Waals surface area (Å²) in [6, 6.07) is 9.13. The summed E-state index contributed by atoms with van der Waals surface area (Å²) in [6.07, 6.45) is 5.69. The molecule has 3 rings (SSSR count). The van der Waals surface area contributed by atoms with E-state index in [-0.39, 0.29) is 0 Å². The highest BCUT2D eigenvalue weighted by molar-refractivity contribution is 5.56. The Morgan fingerprint density at radius 3 is 2.39 bits per heavy atom. The lowest BCUT2D eigenvalue weighted by molar-refractivity contribution is 0.187. The van der Waals surface area contributed by atoms with Gasteiger partial charge in [-0.1, -0.05) is 18.9 Å². The van der Waals surface area contributed by atoms with E-state index in [4.69, 9.17) is 5.73 Å². The van der Waals surface area contributed by atoms with E-state index >= 15 is 0 Å². The van der Waals surface area contributed by atoms with Crippen molar-refractivity contribution in [3.8, 4) is 0 Å². The van der Waals surface area contributed by atoms with Crippen LogP contribution >= 0.6 is 0 Å². The maximum atomic E-state index is 5.86. The van der Waals surface area contributed by atoms with Crippen LogP contribution < -0.4 is 10.6 Å². The van der Waals surface area contributed by atoms with Crippen LogP contribution in [0.3, 0.4) is 0 Å². The van der Waals surface area contributed by atoms with E-state index in [1.54, 1.807) is 0 Å². The Labute approximate surface area is 110 Å². The Morgan fingerprint density at radius 2 is 1.72 bits per heavy atom. The van der Waals surface area contributed by atoms with E-state index in [9.17, 15) is 0 Å². The lowest BCUT2D eigenvalue weighted by Crippen LogP contribution is -2.49. The first-order valence-electron chi connectivity index (χ1n) is 7.17. The highest BCUT2D eigenvalue weighted by Crippen LogP contribution is 2.26. The fraction of sp³-hybridized carbons (Fsp3) is 0.600. The highest BCUT2D eigenvalue weighted by atomic mass is 15.3. The summed E-state index contributed by atoms with van der Waals surface area (Å²) in [5.41, 5.74) is 8.00. The topological polar surface area (TPSA) is 32.5 Å². The van der Waals surface area contributed by atoms with E-state index in [1.165, 1.54) is 44.5 Å². The maximum Gasteiger partial charge on any atom is 0.0387 e. The Morgan fingerprint density at radius 1 is 1.00 bits per heavy atom. The molecule has 2 fully saturated rings. The molecule has 18 heavy (non-hydrogen) atoms. The maximum absolute atomic E-state index is 5.86. The van der Waals surface area contributed by atoms with Crippen molar-refractivity contribution in [3.05, 3.63) is 24.3 Å². The van der Waals surface area contributed by atoms with Crippen LogP contribution in [0, 0.1) is 0 Å². The second-order valence-electron chi connectivity index (χ2n) is 5.56. The van der Waals surface area contributed by atoms with Gasteiger partial charge in [-0.2, -0.15) is 0 Å². The zero-order valence-corrected chi connectivity index (χ0v) is 11.0. The van der Waals surface area contributed by atoms with Gasteiger partial charge < -0.3 is 10.6 Å². The third-order valence-corrected chi connectivity index (χ3v) is 4.39. The average molecular weight is 245 g/mol. The molecule has 1 heterocycles. The Bertz CT molecular complexity index is 390. The molecule has 2 aliphatic rings. The van der Waals surface area contributed by atoms with Crippen LogP contribution in [0.4, 0.5) is 11.4 Å². The summed E-state index contributed by atoms with van der Waals surface area (Å²) < 4.78 is 0. The van der Waals surface area contributed by atoms with E-state index in [0.29, 0.717) is 0 Å². The molecule has 0 radical (unpaired) electrons. The number of piperazine rings is 1. The van der Waals surface area contributed by atoms with Crippen LogP contribution in [-0.4, -0.2) is 37.1 Å². The van der Waals surface area contributed by atoms with Gasteiger partial charge >= 0.3 is 0 Å². The van der Waals surface area contributed by atoms with Crippen molar-refractivity contribution in [1.82, 2.24) is 4.90 Å². The van der Waals surface area contributed by atoms with Crippen molar-refractivity contribution in [2.24, 2.45) is 0 Å². The summed E-state index contributed by atoms with van der Waals surface area (Å²) in [7, 11) is 0. The van der Waals surface area contributed by atoms with Gasteiger partial charge in [-0.25, -0.2) is 0 Å². The van der Waals surface area contributed by atoms with Crippen LogP contribution in [0.2, 0.25) is 0 Å². The summed E-state index contributed by atoms with van der Waals surface area (Å²) in [4.78, 5) is 5.15. The lowest BCUT2D eigenvalue weighted by atomic mass is 10.1. The predicted molar refractivity (Wildman–Crippen MR) is 76.9 cm³/mol. The second-order valence-corrected chi connectivity index (χ2v) is 5.56. The third kappa shape index (κ3) is 2.46. The minimum absolute atomic E-state index is 0.866. The minimum atomic E-state index is 0.866. The zero-order valence-electron chi connectivity index (χ0n) is 11.0. The van der Waals surface area contributed by atoms with Gasteiger partial charge in [-0.05, 0) is 31.0 Å². The van der Waals surface area contributed by atoms with Crippen molar-refractivity contribution in [1.29, 1.82) is 0 Å². The van der Waals surface area contributed by atoms with Gasteiger partial charge in [0, 0.05) is 43.6 Å². The molecule has 3 heteroatoms. The number of rotatable bonds is 2. The molecule has 1 saturated heterocycles. The van der Waals surface area contributed by atoms with Crippen molar-refractivity contribution in [2.75, 3.05) is 36.8 Å². The SMILES string of the molecule is Nc1cccc(N2CCN(C3CCCC3)CC2)c1. The highest BCUT2D eigenvalue weighted by Gasteiger charge is 2.26. The molecule has 1 aromatic carbocycles. The van der Waals surface area contributed by atoms with Crippen LogP contribution in [0.15, 0.2) is 24.3 Å². The number of hydrogen-bond acceptors (Lipinski definition) is 3. The first-order chi connectivity index (χ1) is 8.83. The largest absolute Gasteiger partial charge is 0.399 e. The first-order valence-corrected chi connectivity index (χ1v) is 7.17. The summed E-state index contributed by atoms with van der Waals surface area (Å²) in [6.45, 7) is 4.69. The molecule has 98 valence electrons. The molecule has 2 N–H and O–H groups in total. The molecule has 0 aromatic heterocycles. The normalized spacial score (nSPS) is 22.6. The number of hydrogen-bond donors (Lipinski definition) is 1. The smallest absolute Gasteiger partial charge is 0.0387 e. The zero-order chi connectivity index (χ0) is 12.4. The molecule has 0 amide bonds. The van der Waals surface area contributed by atoms with E-state index in [0.717, 1.165) is 24.8 Å². The molecule has 0 spiro atoms. The third-order valence-electron chi connectivity index (χ3n) is 4.39. The van der Waals surface area contributed by atoms with Crippen LogP contribution in [0.25, 0.3) is 0 Å². The minimum Gasteiger partial charge on any atom is -0.399 e. The van der Waals surface area contributed by atoms with Crippen molar-refractivity contribution >= 4 is 11.4 Å². The average Bonchev–Trinajstić information content (AvgIpc) is 2.93. The number of anilines is 2. The van der Waals surface area contributed by atoms with Gasteiger partial charge in [0.25, 0.3) is 0 Å². The van der Waals surface area contributed by atoms with Gasteiger partial charge in [-0.15, -0.1) is 0 Å². The molecular formula is C15H23N3. The van der Waals surface area contributed by atoms with E-state index < -0.39 is 0 Å². The number of benzene rings is 1. The van der Waals surface area contributed by atoms with Gasteiger partial charge in [0.15, 0.2) is 0 Å². The second kappa shape index (κ2) is 5.19. The van der Waals surface area contributed by atoms with Crippen molar-refractivity contribution in [2.45, 2.75) is 31.7 Å². The quantitative estimate of drug-likeness (QED) is 0.812. The lowest BCUT2D eigenvalue weighted by Gasteiger charge is -2.39. The molecular weight excluding hydrogens is 222 g/mol. The Hall–Kier alpha value is -1.22. The van der Waals surface area contributed by atoms with Gasteiger partial charge in [0.2, 0.25) is 0 Å². The fourth-order valence-electron chi connectivity index (χ4n) is 3.34. The monoisotopic (exact) mass is 245 g/mol. The van der Waals surface area contributed by atoms with Crippen LogP contribution in [0.5, 0.6) is 0 Å². The number of nitrogens with two attached hydrogens (primary N) is 1. The first kappa shape index (κ1) is 11.8. The molecule has 0 bridgehead atoms. The fourth-order valence-corrected chi connectivity index (χ4v) is 3.34. The Balaban J connectivity index is 1.59. The number of nitrogen functional groups attached to an aromatic ring is 1. The molecule has 3 nitrogen and oxygen atoms in total. The predicted octanol–water partition coefficient (Wildman–Crippen LogP) is 2.33. The summed E-state index contributed by atoms with van der Waals surface area (Å²) >= 11 is 0. The van der Waals surface area contributed by atoms with Crippen molar-refractivity contribution < 1.29 is 0 Å². The molecule has 1 aliphatic heterocycles. The van der Waals surface area contributed by atoms with E-state index in [1.807, 2.05) is 12.1 Å². The molecule has 1 aliphatic carbocycles. The van der Waals surface area contributed by atoms with E-state index in [2.05, 4.69) is 21.9 Å². The number of nitrogens with zero attached hydrogens (tertiary/aromatic N) is 2.